The monoisotopic (exact) mass is 244 g/mol. The number of pyridine rings is 1. The molecule has 0 radical (unpaired) electrons. The number of nitrogens with one attached hydrogen (secondary N) is 2. The van der Waals surface area contributed by atoms with Gasteiger partial charge in [0, 0.05) is 24.0 Å². The van der Waals surface area contributed by atoms with Crippen molar-refractivity contribution in [2.45, 2.75) is 19.8 Å². The highest BCUT2D eigenvalue weighted by Crippen LogP contribution is 2.09. The van der Waals surface area contributed by atoms with Gasteiger partial charge in [-0.3, -0.25) is 9.59 Å². The minimum atomic E-state index is -0.0838. The highest BCUT2D eigenvalue weighted by atomic mass is 16.1. The number of aromatic nitrogens is 1. The van der Waals surface area contributed by atoms with Gasteiger partial charge in [0.2, 0.25) is 5.91 Å². The Balaban J connectivity index is 2.15. The molecule has 4 nitrogen and oxygen atoms in total. The van der Waals surface area contributed by atoms with Crippen LogP contribution < -0.4 is 10.9 Å². The van der Waals surface area contributed by atoms with Gasteiger partial charge in [0.05, 0.1) is 0 Å². The van der Waals surface area contributed by atoms with Crippen LogP contribution in [-0.4, -0.2) is 17.4 Å². The van der Waals surface area contributed by atoms with Gasteiger partial charge in [-0.25, -0.2) is 0 Å². The molecule has 1 aromatic carbocycles. The standard InChI is InChI=1S/C14H16N2O2/c1-2-13(17)15-8-7-11-9-10-5-3-4-6-12(10)16-14(11)18/h3-6,9H,2,7-8H2,1H3,(H,15,17)(H,16,18). The lowest BCUT2D eigenvalue weighted by Gasteiger charge is -2.04. The molecule has 2 rings (SSSR count). The van der Waals surface area contributed by atoms with Crippen LogP contribution in [-0.2, 0) is 11.2 Å². The second-order valence-corrected chi connectivity index (χ2v) is 4.16. The largest absolute Gasteiger partial charge is 0.356 e. The fourth-order valence-electron chi connectivity index (χ4n) is 1.84. The average molecular weight is 244 g/mol. The maximum Gasteiger partial charge on any atom is 0.251 e. The third-order valence-electron chi connectivity index (χ3n) is 2.87. The molecule has 0 saturated heterocycles. The summed E-state index contributed by atoms with van der Waals surface area (Å²) in [4.78, 5) is 25.8. The lowest BCUT2D eigenvalue weighted by atomic mass is 10.1. The van der Waals surface area contributed by atoms with Gasteiger partial charge in [-0.1, -0.05) is 25.1 Å². The number of aromatic amines is 1. The summed E-state index contributed by atoms with van der Waals surface area (Å²) in [5.74, 6) is 0.00668. The van der Waals surface area contributed by atoms with E-state index in [9.17, 15) is 9.59 Å². The summed E-state index contributed by atoms with van der Waals surface area (Å²) in [6.45, 7) is 2.30. The number of hydrogen-bond acceptors (Lipinski definition) is 2. The van der Waals surface area contributed by atoms with Crippen LogP contribution in [0, 0.1) is 0 Å². The van der Waals surface area contributed by atoms with Crippen molar-refractivity contribution in [1.82, 2.24) is 10.3 Å². The number of carbonyl (C=O) groups excluding carboxylic acids is 1. The van der Waals surface area contributed by atoms with Crippen molar-refractivity contribution in [1.29, 1.82) is 0 Å². The van der Waals surface area contributed by atoms with Gasteiger partial charge in [-0.15, -0.1) is 0 Å². The van der Waals surface area contributed by atoms with Crippen LogP contribution in [0.3, 0.4) is 0 Å². The van der Waals surface area contributed by atoms with Gasteiger partial charge in [0.1, 0.15) is 0 Å². The molecule has 0 bridgehead atoms. The zero-order valence-electron chi connectivity index (χ0n) is 10.3. The molecule has 0 unspecified atom stereocenters. The van der Waals surface area contributed by atoms with Gasteiger partial charge in [-0.2, -0.15) is 0 Å². The van der Waals surface area contributed by atoms with Crippen molar-refractivity contribution < 1.29 is 4.79 Å². The molecule has 4 heteroatoms. The van der Waals surface area contributed by atoms with Crippen molar-refractivity contribution >= 4 is 16.8 Å². The number of rotatable bonds is 4. The summed E-state index contributed by atoms with van der Waals surface area (Å²) in [5, 5.41) is 3.77. The van der Waals surface area contributed by atoms with Crippen molar-refractivity contribution in [3.63, 3.8) is 0 Å². The number of fused-ring (bicyclic) bond motifs is 1. The maximum absolute atomic E-state index is 11.8. The number of hydrogen-bond donors (Lipinski definition) is 2. The minimum Gasteiger partial charge on any atom is -0.356 e. The second kappa shape index (κ2) is 5.49. The van der Waals surface area contributed by atoms with Crippen molar-refractivity contribution in [2.75, 3.05) is 6.54 Å². The molecular weight excluding hydrogens is 228 g/mol. The topological polar surface area (TPSA) is 62.0 Å². The first kappa shape index (κ1) is 12.4. The maximum atomic E-state index is 11.8. The molecule has 1 amide bonds. The summed E-state index contributed by atoms with van der Waals surface area (Å²) >= 11 is 0. The fourth-order valence-corrected chi connectivity index (χ4v) is 1.84. The van der Waals surface area contributed by atoms with Crippen LogP contribution in [0.1, 0.15) is 18.9 Å². The Morgan fingerprint density at radius 1 is 1.33 bits per heavy atom. The summed E-state index contributed by atoms with van der Waals surface area (Å²) in [6.07, 6.45) is 1.01. The predicted octanol–water partition coefficient (Wildman–Crippen LogP) is 1.60. The molecule has 0 saturated carbocycles. The van der Waals surface area contributed by atoms with E-state index < -0.39 is 0 Å². The molecule has 94 valence electrons. The minimum absolute atomic E-state index is 0.00668. The molecule has 0 atom stereocenters. The Morgan fingerprint density at radius 2 is 2.11 bits per heavy atom. The van der Waals surface area contributed by atoms with E-state index in [1.165, 1.54) is 0 Å². The van der Waals surface area contributed by atoms with Crippen LogP contribution in [0.4, 0.5) is 0 Å². The van der Waals surface area contributed by atoms with Crippen molar-refractivity contribution in [3.8, 4) is 0 Å². The van der Waals surface area contributed by atoms with Gasteiger partial charge < -0.3 is 10.3 Å². The third-order valence-corrected chi connectivity index (χ3v) is 2.87. The second-order valence-electron chi connectivity index (χ2n) is 4.16. The summed E-state index contributed by atoms with van der Waals surface area (Å²) < 4.78 is 0. The van der Waals surface area contributed by atoms with Crippen LogP contribution in [0.5, 0.6) is 0 Å². The Kier molecular flexibility index (Phi) is 3.77. The van der Waals surface area contributed by atoms with E-state index in [-0.39, 0.29) is 11.5 Å². The SMILES string of the molecule is CCC(=O)NCCc1cc2ccccc2[nH]c1=O. The molecule has 1 heterocycles. The molecule has 0 aliphatic heterocycles. The molecule has 0 aliphatic carbocycles. The Hall–Kier alpha value is -2.10. The quantitative estimate of drug-likeness (QED) is 0.858. The lowest BCUT2D eigenvalue weighted by molar-refractivity contribution is -0.120. The number of para-hydroxylation sites is 1. The highest BCUT2D eigenvalue weighted by molar-refractivity contribution is 5.78. The molecule has 0 spiro atoms. The Labute approximate surface area is 105 Å². The van der Waals surface area contributed by atoms with E-state index in [1.54, 1.807) is 6.92 Å². The first-order chi connectivity index (χ1) is 8.70. The summed E-state index contributed by atoms with van der Waals surface area (Å²) in [5.41, 5.74) is 1.45. The number of amides is 1. The molecule has 18 heavy (non-hydrogen) atoms. The fraction of sp³-hybridized carbons (Fsp3) is 0.286. The van der Waals surface area contributed by atoms with E-state index in [0.29, 0.717) is 24.9 Å². The number of H-pyrrole nitrogens is 1. The third kappa shape index (κ3) is 2.77. The van der Waals surface area contributed by atoms with Crippen LogP contribution >= 0.6 is 0 Å². The number of carbonyl (C=O) groups is 1. The Bertz CT molecular complexity index is 616. The van der Waals surface area contributed by atoms with Crippen molar-refractivity contribution in [3.05, 3.63) is 46.2 Å². The summed E-state index contributed by atoms with van der Waals surface area (Å²) in [6, 6.07) is 9.54. The van der Waals surface area contributed by atoms with Crippen molar-refractivity contribution in [2.24, 2.45) is 0 Å². The smallest absolute Gasteiger partial charge is 0.251 e. The van der Waals surface area contributed by atoms with E-state index in [0.717, 1.165) is 10.9 Å². The summed E-state index contributed by atoms with van der Waals surface area (Å²) in [7, 11) is 0. The number of benzene rings is 1. The van der Waals surface area contributed by atoms with Crippen LogP contribution in [0.2, 0.25) is 0 Å². The van der Waals surface area contributed by atoms with E-state index in [2.05, 4.69) is 10.3 Å². The normalized spacial score (nSPS) is 10.5. The first-order valence-corrected chi connectivity index (χ1v) is 6.08. The Morgan fingerprint density at radius 3 is 2.89 bits per heavy atom. The molecule has 2 N–H and O–H groups in total. The molecule has 0 aliphatic rings. The van der Waals surface area contributed by atoms with Gasteiger partial charge in [0.25, 0.3) is 5.56 Å². The molecule has 2 aromatic rings. The first-order valence-electron chi connectivity index (χ1n) is 6.08. The molecule has 0 fully saturated rings. The highest BCUT2D eigenvalue weighted by Gasteiger charge is 2.03. The lowest BCUT2D eigenvalue weighted by Crippen LogP contribution is -2.26. The zero-order valence-corrected chi connectivity index (χ0v) is 10.3. The average Bonchev–Trinajstić information content (AvgIpc) is 2.39. The molecule has 1 aromatic heterocycles. The van der Waals surface area contributed by atoms with Gasteiger partial charge >= 0.3 is 0 Å². The zero-order chi connectivity index (χ0) is 13.0. The van der Waals surface area contributed by atoms with E-state index in [4.69, 9.17) is 0 Å². The van der Waals surface area contributed by atoms with Crippen LogP contribution in [0.25, 0.3) is 10.9 Å². The van der Waals surface area contributed by atoms with Gasteiger partial charge in [-0.05, 0) is 23.9 Å². The molecular formula is C14H16N2O2. The van der Waals surface area contributed by atoms with Crippen LogP contribution in [0.15, 0.2) is 35.1 Å². The van der Waals surface area contributed by atoms with E-state index in [1.807, 2.05) is 30.3 Å². The van der Waals surface area contributed by atoms with Gasteiger partial charge in [0.15, 0.2) is 0 Å². The predicted molar refractivity (Wildman–Crippen MR) is 71.6 cm³/mol. The van der Waals surface area contributed by atoms with E-state index >= 15 is 0 Å².